The molecule has 3 aromatic heterocycles. The topological polar surface area (TPSA) is 91.4 Å². The molecule has 0 aliphatic carbocycles. The number of fused-ring (bicyclic) bond motifs is 1. The highest BCUT2D eigenvalue weighted by Gasteiger charge is 2.15. The van der Waals surface area contributed by atoms with E-state index in [1.165, 1.54) is 17.4 Å². The van der Waals surface area contributed by atoms with E-state index in [4.69, 9.17) is 4.42 Å². The molecule has 0 unspecified atom stereocenters. The predicted molar refractivity (Wildman–Crippen MR) is 123 cm³/mol. The average Bonchev–Trinajstić information content (AvgIpc) is 3.54. The van der Waals surface area contributed by atoms with Crippen LogP contribution in [-0.2, 0) is 13.1 Å². The molecule has 0 fully saturated rings. The van der Waals surface area contributed by atoms with Gasteiger partial charge in [0.15, 0.2) is 10.6 Å². The van der Waals surface area contributed by atoms with Gasteiger partial charge in [-0.3, -0.25) is 10.1 Å². The summed E-state index contributed by atoms with van der Waals surface area (Å²) in [6.45, 7) is 1.47. The number of imidazole rings is 1. The number of furan rings is 1. The summed E-state index contributed by atoms with van der Waals surface area (Å²) < 4.78 is 10.2. The molecule has 0 saturated heterocycles. The van der Waals surface area contributed by atoms with E-state index in [1.54, 1.807) is 30.7 Å². The second kappa shape index (κ2) is 8.64. The molecular weight excluding hydrogens is 426 g/mol. The van der Waals surface area contributed by atoms with E-state index in [1.807, 2.05) is 46.5 Å². The Hall–Kier alpha value is -3.98. The lowest BCUT2D eigenvalue weighted by Crippen LogP contribution is -2.17. The molecule has 0 saturated carbocycles. The van der Waals surface area contributed by atoms with Crippen LogP contribution in [0.2, 0.25) is 0 Å². The van der Waals surface area contributed by atoms with Gasteiger partial charge in [-0.15, -0.1) is 11.3 Å². The summed E-state index contributed by atoms with van der Waals surface area (Å²) in [5.74, 6) is 0.745. The van der Waals surface area contributed by atoms with Gasteiger partial charge in [0.25, 0.3) is 5.69 Å². The highest BCUT2D eigenvalue weighted by atomic mass is 32.1. The fourth-order valence-corrected chi connectivity index (χ4v) is 4.52. The molecule has 0 radical (unpaired) electrons. The van der Waals surface area contributed by atoms with Crippen molar-refractivity contribution in [1.82, 2.24) is 14.1 Å². The molecule has 0 amide bonds. The van der Waals surface area contributed by atoms with Crippen molar-refractivity contribution in [3.05, 3.63) is 93.6 Å². The zero-order valence-corrected chi connectivity index (χ0v) is 17.8. The van der Waals surface area contributed by atoms with Gasteiger partial charge < -0.3 is 13.6 Å². The number of nitrogens with zero attached hydrogens (tertiary/aromatic N) is 5. The standard InChI is InChI=1S/C23H19N5O3S/c29-28(30)19-8-3-2-7-18(19)25-23-27(12-5-11-26-13-10-24-16-26)20(15-32-23)22-14-17-6-1-4-9-21(17)31-22/h1-4,6-10,13-16H,5,11-12H2. The molecule has 0 spiro atoms. The minimum Gasteiger partial charge on any atom is -0.454 e. The van der Waals surface area contributed by atoms with Crippen molar-refractivity contribution < 1.29 is 9.34 Å². The number of nitro benzene ring substituents is 1. The quantitative estimate of drug-likeness (QED) is 0.248. The number of aryl methyl sites for hydroxylation is 1. The maximum absolute atomic E-state index is 11.4. The van der Waals surface area contributed by atoms with E-state index in [0.29, 0.717) is 17.0 Å². The third-order valence-electron chi connectivity index (χ3n) is 5.13. The summed E-state index contributed by atoms with van der Waals surface area (Å²) in [6.07, 6.45) is 6.31. The first-order valence-electron chi connectivity index (χ1n) is 10.1. The lowest BCUT2D eigenvalue weighted by atomic mass is 10.2. The van der Waals surface area contributed by atoms with Crippen molar-refractivity contribution in [3.63, 3.8) is 0 Å². The van der Waals surface area contributed by atoms with Crippen LogP contribution in [0.15, 0.2) is 88.1 Å². The highest BCUT2D eigenvalue weighted by Crippen LogP contribution is 2.30. The SMILES string of the molecule is O=[N+]([O-])c1ccccc1N=c1scc(-c2cc3ccccc3o2)n1CCCn1ccnc1. The molecule has 5 aromatic rings. The molecule has 3 heterocycles. The van der Waals surface area contributed by atoms with Crippen LogP contribution < -0.4 is 4.80 Å². The van der Waals surface area contributed by atoms with Crippen molar-refractivity contribution in [2.45, 2.75) is 19.5 Å². The van der Waals surface area contributed by atoms with Gasteiger partial charge in [-0.25, -0.2) is 9.98 Å². The zero-order chi connectivity index (χ0) is 21.9. The summed E-state index contributed by atoms with van der Waals surface area (Å²) in [4.78, 5) is 20.5. The van der Waals surface area contributed by atoms with Gasteiger partial charge >= 0.3 is 0 Å². The summed E-state index contributed by atoms with van der Waals surface area (Å²) in [7, 11) is 0. The van der Waals surface area contributed by atoms with Crippen LogP contribution in [0.3, 0.4) is 0 Å². The Morgan fingerprint density at radius 2 is 1.97 bits per heavy atom. The van der Waals surface area contributed by atoms with E-state index < -0.39 is 4.92 Å². The second-order valence-corrected chi connectivity index (χ2v) is 8.05. The fourth-order valence-electron chi connectivity index (χ4n) is 3.59. The largest absolute Gasteiger partial charge is 0.454 e. The summed E-state index contributed by atoms with van der Waals surface area (Å²) in [5.41, 5.74) is 2.03. The van der Waals surface area contributed by atoms with Crippen LogP contribution in [0.25, 0.3) is 22.4 Å². The number of hydrogen-bond acceptors (Lipinski definition) is 6. The second-order valence-electron chi connectivity index (χ2n) is 7.22. The smallest absolute Gasteiger partial charge is 0.294 e. The average molecular weight is 446 g/mol. The van der Waals surface area contributed by atoms with E-state index in [-0.39, 0.29) is 5.69 Å². The molecule has 9 heteroatoms. The van der Waals surface area contributed by atoms with Gasteiger partial charge in [0, 0.05) is 42.3 Å². The van der Waals surface area contributed by atoms with Crippen LogP contribution in [-0.4, -0.2) is 19.0 Å². The Bertz CT molecular complexity index is 1410. The van der Waals surface area contributed by atoms with Crippen LogP contribution in [0.1, 0.15) is 6.42 Å². The first-order chi connectivity index (χ1) is 15.7. The zero-order valence-electron chi connectivity index (χ0n) is 17.0. The maximum atomic E-state index is 11.4. The van der Waals surface area contributed by atoms with Crippen molar-refractivity contribution in [2.75, 3.05) is 0 Å². The van der Waals surface area contributed by atoms with Crippen LogP contribution in [0, 0.1) is 10.1 Å². The van der Waals surface area contributed by atoms with Gasteiger partial charge in [-0.2, -0.15) is 0 Å². The number of thiazole rings is 1. The number of aromatic nitrogens is 3. The van der Waals surface area contributed by atoms with Crippen LogP contribution >= 0.6 is 11.3 Å². The minimum absolute atomic E-state index is 0.0175. The van der Waals surface area contributed by atoms with Gasteiger partial charge in [-0.1, -0.05) is 30.3 Å². The van der Waals surface area contributed by atoms with Crippen LogP contribution in [0.4, 0.5) is 11.4 Å². The van der Waals surface area contributed by atoms with Crippen LogP contribution in [0.5, 0.6) is 0 Å². The maximum Gasteiger partial charge on any atom is 0.294 e. The number of rotatable bonds is 7. The molecule has 0 bridgehead atoms. The van der Waals surface area contributed by atoms with E-state index >= 15 is 0 Å². The van der Waals surface area contributed by atoms with E-state index in [9.17, 15) is 10.1 Å². The molecule has 0 aliphatic heterocycles. The van der Waals surface area contributed by atoms with E-state index in [0.717, 1.165) is 35.4 Å². The van der Waals surface area contributed by atoms with Gasteiger partial charge in [0.05, 0.1) is 16.9 Å². The number of benzene rings is 2. The van der Waals surface area contributed by atoms with Crippen molar-refractivity contribution in [2.24, 2.45) is 4.99 Å². The van der Waals surface area contributed by atoms with Crippen molar-refractivity contribution in [3.8, 4) is 11.5 Å². The molecule has 32 heavy (non-hydrogen) atoms. The van der Waals surface area contributed by atoms with Gasteiger partial charge in [-0.05, 0) is 24.6 Å². The van der Waals surface area contributed by atoms with Crippen molar-refractivity contribution in [1.29, 1.82) is 0 Å². The molecule has 0 aliphatic rings. The Balaban J connectivity index is 1.58. The first kappa shape index (κ1) is 20.0. The number of hydrogen-bond donors (Lipinski definition) is 0. The molecule has 160 valence electrons. The van der Waals surface area contributed by atoms with Gasteiger partial charge in [0.2, 0.25) is 0 Å². The lowest BCUT2D eigenvalue weighted by Gasteiger charge is -2.08. The molecule has 8 nitrogen and oxygen atoms in total. The third-order valence-corrected chi connectivity index (χ3v) is 5.99. The Morgan fingerprint density at radius 3 is 2.78 bits per heavy atom. The van der Waals surface area contributed by atoms with E-state index in [2.05, 4.69) is 14.5 Å². The molecule has 5 rings (SSSR count). The monoisotopic (exact) mass is 445 g/mol. The molecular formula is C23H19N5O3S. The molecule has 2 aromatic carbocycles. The first-order valence-corrected chi connectivity index (χ1v) is 11.0. The Kier molecular flexibility index (Phi) is 5.39. The number of nitro groups is 1. The summed E-state index contributed by atoms with van der Waals surface area (Å²) in [6, 6.07) is 16.4. The van der Waals surface area contributed by atoms with Gasteiger partial charge in [0.1, 0.15) is 11.3 Å². The Morgan fingerprint density at radius 1 is 1.12 bits per heavy atom. The summed E-state index contributed by atoms with van der Waals surface area (Å²) in [5, 5.41) is 14.5. The summed E-state index contributed by atoms with van der Waals surface area (Å²) >= 11 is 1.44. The molecule has 0 N–H and O–H groups in total. The van der Waals surface area contributed by atoms with Crippen molar-refractivity contribution >= 4 is 33.7 Å². The minimum atomic E-state index is -0.407. The lowest BCUT2D eigenvalue weighted by molar-refractivity contribution is -0.384. The highest BCUT2D eigenvalue weighted by molar-refractivity contribution is 7.07. The fraction of sp³-hybridized carbons (Fsp3) is 0.130. The normalized spacial score (nSPS) is 11.9. The molecule has 0 atom stereocenters. The predicted octanol–water partition coefficient (Wildman–Crippen LogP) is 5.39. The Labute approximate surface area is 186 Å². The number of para-hydroxylation sites is 3. The third kappa shape index (κ3) is 3.97.